The quantitative estimate of drug-likeness (QED) is 0.754. The van der Waals surface area contributed by atoms with Crippen LogP contribution in [0.1, 0.15) is 17.0 Å². The Balaban J connectivity index is 1.79. The Hall–Kier alpha value is -2.80. The van der Waals surface area contributed by atoms with Crippen LogP contribution in [-0.2, 0) is 17.9 Å². The molecule has 1 N–H and O–H groups in total. The summed E-state index contributed by atoms with van der Waals surface area (Å²) in [4.78, 5) is 0. The molecule has 0 unspecified atom stereocenters. The summed E-state index contributed by atoms with van der Waals surface area (Å²) in [5.74, 6) is 0.364. The molecule has 0 aliphatic carbocycles. The van der Waals surface area contributed by atoms with Crippen LogP contribution in [0.2, 0.25) is 0 Å². The molecule has 3 aromatic rings. The predicted molar refractivity (Wildman–Crippen MR) is 88.3 cm³/mol. The molecule has 0 aliphatic rings. The second-order valence-corrected chi connectivity index (χ2v) is 5.43. The fraction of sp³-hybridized carbons (Fsp3) is 0.235. The molecule has 24 heavy (non-hydrogen) atoms. The Morgan fingerprint density at radius 3 is 2.71 bits per heavy atom. The first kappa shape index (κ1) is 16.1. The van der Waals surface area contributed by atoms with Crippen LogP contribution in [0.4, 0.5) is 10.1 Å². The number of nitrogens with one attached hydrogen (secondary N) is 1. The molecule has 1 aromatic heterocycles. The summed E-state index contributed by atoms with van der Waals surface area (Å²) < 4.78 is 20.2. The van der Waals surface area contributed by atoms with Gasteiger partial charge >= 0.3 is 0 Å². The molecule has 0 aliphatic heterocycles. The maximum atomic E-state index is 13.4. The maximum Gasteiger partial charge on any atom is 0.175 e. The molecule has 0 spiro atoms. The van der Waals surface area contributed by atoms with Crippen LogP contribution < -0.4 is 5.32 Å². The normalized spacial score (nSPS) is 10.8. The molecule has 7 heteroatoms. The van der Waals surface area contributed by atoms with Crippen LogP contribution in [0.5, 0.6) is 0 Å². The molecular formula is C17H18FN5O. The number of aryl methyl sites for hydroxylation is 1. The lowest BCUT2D eigenvalue weighted by Gasteiger charge is -2.12. The van der Waals surface area contributed by atoms with Gasteiger partial charge in [-0.25, -0.2) is 4.39 Å². The zero-order valence-corrected chi connectivity index (χ0v) is 13.5. The minimum Gasteiger partial charge on any atom is -0.380 e. The number of hydrogen-bond acceptors (Lipinski definition) is 5. The van der Waals surface area contributed by atoms with E-state index in [1.807, 2.05) is 31.2 Å². The number of nitrogens with zero attached hydrogens (tertiary/aromatic N) is 4. The summed E-state index contributed by atoms with van der Waals surface area (Å²) in [6, 6.07) is 12.5. The first-order valence-corrected chi connectivity index (χ1v) is 7.53. The Kier molecular flexibility index (Phi) is 4.81. The number of rotatable bonds is 6. The second-order valence-electron chi connectivity index (χ2n) is 5.43. The van der Waals surface area contributed by atoms with Crippen molar-refractivity contribution in [2.75, 3.05) is 12.4 Å². The van der Waals surface area contributed by atoms with Gasteiger partial charge in [0.05, 0.1) is 18.8 Å². The highest BCUT2D eigenvalue weighted by Crippen LogP contribution is 2.19. The smallest absolute Gasteiger partial charge is 0.175 e. The van der Waals surface area contributed by atoms with Crippen molar-refractivity contribution in [1.82, 2.24) is 20.2 Å². The standard InChI is InChI=1S/C17H18FN5O/c1-12-3-6-15(7-4-12)23-17(20-21-22-23)10-19-16-8-5-14(18)9-13(16)11-24-2/h3-9,19H,10-11H2,1-2H3. The number of ether oxygens (including phenoxy) is 1. The van der Waals surface area contributed by atoms with Gasteiger partial charge in [0.25, 0.3) is 0 Å². The molecule has 0 atom stereocenters. The first-order valence-electron chi connectivity index (χ1n) is 7.53. The van der Waals surface area contributed by atoms with Crippen molar-refractivity contribution in [2.45, 2.75) is 20.1 Å². The molecule has 0 saturated heterocycles. The summed E-state index contributed by atoms with van der Waals surface area (Å²) in [5, 5.41) is 15.1. The number of methoxy groups -OCH3 is 1. The van der Waals surface area contributed by atoms with E-state index in [1.54, 1.807) is 17.9 Å². The second kappa shape index (κ2) is 7.18. The van der Waals surface area contributed by atoms with Gasteiger partial charge in [-0.2, -0.15) is 4.68 Å². The fourth-order valence-electron chi connectivity index (χ4n) is 2.39. The topological polar surface area (TPSA) is 64.9 Å². The van der Waals surface area contributed by atoms with Gasteiger partial charge in [-0.1, -0.05) is 17.7 Å². The summed E-state index contributed by atoms with van der Waals surface area (Å²) in [5.41, 5.74) is 3.59. The monoisotopic (exact) mass is 327 g/mol. The zero-order chi connectivity index (χ0) is 16.9. The van der Waals surface area contributed by atoms with Gasteiger partial charge in [0.1, 0.15) is 5.82 Å². The van der Waals surface area contributed by atoms with E-state index in [1.165, 1.54) is 17.7 Å². The Morgan fingerprint density at radius 1 is 1.17 bits per heavy atom. The van der Waals surface area contributed by atoms with Gasteiger partial charge < -0.3 is 10.1 Å². The number of aromatic nitrogens is 4. The minimum atomic E-state index is -0.294. The van der Waals surface area contributed by atoms with Gasteiger partial charge in [-0.05, 0) is 47.7 Å². The van der Waals surface area contributed by atoms with Crippen LogP contribution in [0.15, 0.2) is 42.5 Å². The number of halogens is 1. The number of benzene rings is 2. The van der Waals surface area contributed by atoms with E-state index in [9.17, 15) is 4.39 Å². The summed E-state index contributed by atoms with van der Waals surface area (Å²) >= 11 is 0. The minimum absolute atomic E-state index is 0.294. The van der Waals surface area contributed by atoms with Crippen LogP contribution in [0.25, 0.3) is 5.69 Å². The van der Waals surface area contributed by atoms with Crippen molar-refractivity contribution in [3.8, 4) is 5.69 Å². The highest BCUT2D eigenvalue weighted by molar-refractivity contribution is 5.51. The molecule has 0 fully saturated rings. The van der Waals surface area contributed by atoms with Crippen LogP contribution in [0, 0.1) is 12.7 Å². The van der Waals surface area contributed by atoms with Crippen LogP contribution >= 0.6 is 0 Å². The van der Waals surface area contributed by atoms with E-state index in [0.717, 1.165) is 16.9 Å². The molecule has 0 bridgehead atoms. The number of hydrogen-bond donors (Lipinski definition) is 1. The van der Waals surface area contributed by atoms with Crippen LogP contribution in [0.3, 0.4) is 0 Å². The SMILES string of the molecule is COCc1cc(F)ccc1NCc1nnnn1-c1ccc(C)cc1. The molecule has 2 aromatic carbocycles. The molecule has 0 saturated carbocycles. The van der Waals surface area contributed by atoms with Gasteiger partial charge in [0.2, 0.25) is 0 Å². The summed E-state index contributed by atoms with van der Waals surface area (Å²) in [7, 11) is 1.58. The Morgan fingerprint density at radius 2 is 1.96 bits per heavy atom. The summed E-state index contributed by atoms with van der Waals surface area (Å²) in [6.45, 7) is 2.75. The van der Waals surface area contributed by atoms with Gasteiger partial charge in [-0.3, -0.25) is 0 Å². The molecule has 1 heterocycles. The van der Waals surface area contributed by atoms with Crippen molar-refractivity contribution in [2.24, 2.45) is 0 Å². The highest BCUT2D eigenvalue weighted by atomic mass is 19.1. The lowest BCUT2D eigenvalue weighted by atomic mass is 10.2. The van der Waals surface area contributed by atoms with Crippen molar-refractivity contribution < 1.29 is 9.13 Å². The summed E-state index contributed by atoms with van der Waals surface area (Å²) in [6.07, 6.45) is 0. The Bertz CT molecular complexity index is 816. The Labute approximate surface area is 139 Å². The first-order chi connectivity index (χ1) is 11.7. The van der Waals surface area contributed by atoms with E-state index in [2.05, 4.69) is 20.8 Å². The zero-order valence-electron chi connectivity index (χ0n) is 13.5. The van der Waals surface area contributed by atoms with Gasteiger partial charge in [-0.15, -0.1) is 5.10 Å². The van der Waals surface area contributed by atoms with Crippen LogP contribution in [-0.4, -0.2) is 27.3 Å². The van der Waals surface area contributed by atoms with E-state index in [-0.39, 0.29) is 5.82 Å². The van der Waals surface area contributed by atoms with E-state index in [4.69, 9.17) is 4.74 Å². The molecular weight excluding hydrogens is 309 g/mol. The predicted octanol–water partition coefficient (Wildman–Crippen LogP) is 2.87. The molecule has 124 valence electrons. The van der Waals surface area contributed by atoms with Crippen molar-refractivity contribution >= 4 is 5.69 Å². The average Bonchev–Trinajstić information content (AvgIpc) is 3.04. The van der Waals surface area contributed by atoms with Gasteiger partial charge in [0.15, 0.2) is 5.82 Å². The highest BCUT2D eigenvalue weighted by Gasteiger charge is 2.10. The van der Waals surface area contributed by atoms with Crippen molar-refractivity contribution in [3.05, 3.63) is 65.2 Å². The third-order valence-electron chi connectivity index (χ3n) is 3.62. The van der Waals surface area contributed by atoms with E-state index < -0.39 is 0 Å². The molecule has 6 nitrogen and oxygen atoms in total. The van der Waals surface area contributed by atoms with Gasteiger partial charge in [0, 0.05) is 18.4 Å². The van der Waals surface area contributed by atoms with E-state index >= 15 is 0 Å². The lowest BCUT2D eigenvalue weighted by molar-refractivity contribution is 0.185. The molecule has 3 rings (SSSR count). The van der Waals surface area contributed by atoms with E-state index in [0.29, 0.717) is 19.0 Å². The largest absolute Gasteiger partial charge is 0.380 e. The third kappa shape index (κ3) is 3.57. The fourth-order valence-corrected chi connectivity index (χ4v) is 2.39. The maximum absolute atomic E-state index is 13.4. The number of anilines is 1. The number of tetrazole rings is 1. The molecule has 0 radical (unpaired) electrons. The third-order valence-corrected chi connectivity index (χ3v) is 3.62. The average molecular weight is 327 g/mol. The lowest BCUT2D eigenvalue weighted by Crippen LogP contribution is -2.10. The van der Waals surface area contributed by atoms with Crippen molar-refractivity contribution in [3.63, 3.8) is 0 Å². The molecule has 0 amide bonds. The van der Waals surface area contributed by atoms with Crippen molar-refractivity contribution in [1.29, 1.82) is 0 Å².